The largest absolute Gasteiger partial charge is 0.347 e. The summed E-state index contributed by atoms with van der Waals surface area (Å²) in [5, 5.41) is 3.39. The van der Waals surface area contributed by atoms with Crippen LogP contribution in [0, 0.1) is 0 Å². The van der Waals surface area contributed by atoms with Crippen LogP contribution in [0.4, 0.5) is 0 Å². The van der Waals surface area contributed by atoms with Crippen LogP contribution in [-0.2, 0) is 11.8 Å². The molecule has 0 radical (unpaired) electrons. The second kappa shape index (κ2) is 7.02. The number of hydrogen-bond donors (Lipinski definition) is 1. The first-order chi connectivity index (χ1) is 9.97. The molecule has 0 atom stereocenters. The minimum atomic E-state index is -0.426. The van der Waals surface area contributed by atoms with Gasteiger partial charge in [-0.25, -0.2) is 0 Å². The van der Waals surface area contributed by atoms with E-state index in [-0.39, 0.29) is 11.7 Å². The number of nitrogens with one attached hydrogen (secondary N) is 1. The van der Waals surface area contributed by atoms with E-state index in [1.165, 1.54) is 11.8 Å². The van der Waals surface area contributed by atoms with Gasteiger partial charge < -0.3 is 4.57 Å². The van der Waals surface area contributed by atoms with Gasteiger partial charge in [0.05, 0.1) is 10.8 Å². The Bertz CT molecular complexity index is 685. The summed E-state index contributed by atoms with van der Waals surface area (Å²) in [5.41, 5.74) is 0.425. The Morgan fingerprint density at radius 1 is 1.29 bits per heavy atom. The van der Waals surface area contributed by atoms with Gasteiger partial charge in [0, 0.05) is 23.2 Å². The zero-order valence-corrected chi connectivity index (χ0v) is 13.4. The van der Waals surface area contributed by atoms with Crippen molar-refractivity contribution in [2.24, 2.45) is 7.05 Å². The molecule has 1 N–H and O–H groups in total. The first-order valence-electron chi connectivity index (χ1n) is 6.00. The molecule has 4 nitrogen and oxygen atoms in total. The van der Waals surface area contributed by atoms with Gasteiger partial charge in [-0.3, -0.25) is 14.9 Å². The van der Waals surface area contributed by atoms with Gasteiger partial charge in [-0.1, -0.05) is 23.2 Å². The molecule has 0 aliphatic rings. The first-order valence-corrected chi connectivity index (χ1v) is 7.75. The third-order valence-electron chi connectivity index (χ3n) is 2.68. The fourth-order valence-corrected chi connectivity index (χ4v) is 2.95. The third kappa shape index (κ3) is 4.27. The maximum Gasteiger partial charge on any atom is 0.274 e. The van der Waals surface area contributed by atoms with E-state index in [4.69, 9.17) is 23.2 Å². The maximum absolute atomic E-state index is 11.9. The highest BCUT2D eigenvalue weighted by Crippen LogP contribution is 2.29. The lowest BCUT2D eigenvalue weighted by Crippen LogP contribution is -2.32. The Labute approximate surface area is 136 Å². The number of carbonyl (C=O) groups excluding carboxylic acids is 2. The smallest absolute Gasteiger partial charge is 0.274 e. The van der Waals surface area contributed by atoms with Crippen molar-refractivity contribution in [3.8, 4) is 0 Å². The van der Waals surface area contributed by atoms with Gasteiger partial charge >= 0.3 is 0 Å². The average Bonchev–Trinajstić information content (AvgIpc) is 2.86. The van der Waals surface area contributed by atoms with Crippen molar-refractivity contribution in [1.29, 1.82) is 0 Å². The van der Waals surface area contributed by atoms with Crippen molar-refractivity contribution in [3.05, 3.63) is 52.3 Å². The second-order valence-electron chi connectivity index (χ2n) is 4.25. The summed E-state index contributed by atoms with van der Waals surface area (Å²) in [6, 6.07) is 8.40. The van der Waals surface area contributed by atoms with Crippen LogP contribution in [-0.4, -0.2) is 22.1 Å². The monoisotopic (exact) mass is 342 g/mol. The molecule has 2 amide bonds. The first kappa shape index (κ1) is 15.9. The molecule has 0 saturated carbocycles. The van der Waals surface area contributed by atoms with E-state index in [1.807, 2.05) is 0 Å². The number of aromatic nitrogens is 1. The third-order valence-corrected chi connectivity index (χ3v) is 4.41. The number of nitrogens with zero attached hydrogens (tertiary/aromatic N) is 1. The topological polar surface area (TPSA) is 51.1 Å². The van der Waals surface area contributed by atoms with Crippen LogP contribution in [0.5, 0.6) is 0 Å². The number of carbonyl (C=O) groups is 2. The minimum Gasteiger partial charge on any atom is -0.347 e. The van der Waals surface area contributed by atoms with E-state index in [0.29, 0.717) is 20.6 Å². The molecule has 0 spiro atoms. The molecule has 7 heteroatoms. The molecule has 0 bridgehead atoms. The number of imide groups is 1. The van der Waals surface area contributed by atoms with E-state index in [1.54, 1.807) is 48.1 Å². The van der Waals surface area contributed by atoms with E-state index < -0.39 is 5.91 Å². The zero-order valence-electron chi connectivity index (χ0n) is 11.1. The summed E-state index contributed by atoms with van der Waals surface area (Å²) < 4.78 is 1.64. The molecule has 0 unspecified atom stereocenters. The van der Waals surface area contributed by atoms with E-state index in [9.17, 15) is 9.59 Å². The molecule has 0 aliphatic carbocycles. The summed E-state index contributed by atoms with van der Waals surface area (Å²) in [4.78, 5) is 24.4. The standard InChI is InChI=1S/C14H12Cl2N2O2S/c1-18-6-2-3-11(18)14(20)17-13(19)8-21-12-7-9(15)4-5-10(12)16/h2-7H,8H2,1H3,(H,17,19,20). The summed E-state index contributed by atoms with van der Waals surface area (Å²) in [6.45, 7) is 0. The fraction of sp³-hybridized carbons (Fsp3) is 0.143. The minimum absolute atomic E-state index is 0.0796. The van der Waals surface area contributed by atoms with Gasteiger partial charge in [0.25, 0.3) is 5.91 Å². The van der Waals surface area contributed by atoms with E-state index >= 15 is 0 Å². The molecule has 1 heterocycles. The number of thioether (sulfide) groups is 1. The Hall–Kier alpha value is -1.43. The normalized spacial score (nSPS) is 10.4. The van der Waals surface area contributed by atoms with Gasteiger partial charge in [-0.15, -0.1) is 11.8 Å². The van der Waals surface area contributed by atoms with Crippen LogP contribution in [0.15, 0.2) is 41.4 Å². The van der Waals surface area contributed by atoms with Gasteiger partial charge in [0.1, 0.15) is 5.69 Å². The number of halogens is 2. The predicted octanol–water partition coefficient (Wildman–Crippen LogP) is 3.38. The number of amides is 2. The molecule has 2 rings (SSSR count). The molecule has 0 fully saturated rings. The molecule has 1 aromatic carbocycles. The molecule has 1 aromatic heterocycles. The van der Waals surface area contributed by atoms with Crippen LogP contribution in [0.25, 0.3) is 0 Å². The van der Waals surface area contributed by atoms with Crippen molar-refractivity contribution in [2.45, 2.75) is 4.90 Å². The van der Waals surface area contributed by atoms with Gasteiger partial charge in [0.15, 0.2) is 0 Å². The van der Waals surface area contributed by atoms with Crippen LogP contribution in [0.2, 0.25) is 10.0 Å². The molecule has 0 aliphatic heterocycles. The van der Waals surface area contributed by atoms with E-state index in [0.717, 1.165) is 0 Å². The number of rotatable bonds is 4. The molecule has 110 valence electrons. The summed E-state index contributed by atoms with van der Waals surface area (Å²) >= 11 is 13.1. The molecule has 2 aromatic rings. The Morgan fingerprint density at radius 3 is 2.71 bits per heavy atom. The number of aryl methyl sites for hydroxylation is 1. The van der Waals surface area contributed by atoms with Crippen LogP contribution in [0.3, 0.4) is 0 Å². The molecular formula is C14H12Cl2N2O2S. The SMILES string of the molecule is Cn1cccc1C(=O)NC(=O)CSc1cc(Cl)ccc1Cl. The number of hydrogen-bond acceptors (Lipinski definition) is 3. The predicted molar refractivity (Wildman–Crippen MR) is 85.1 cm³/mol. The molecule has 0 saturated heterocycles. The highest BCUT2D eigenvalue weighted by Gasteiger charge is 2.13. The van der Waals surface area contributed by atoms with Crippen molar-refractivity contribution >= 4 is 46.8 Å². The second-order valence-corrected chi connectivity index (χ2v) is 6.11. The lowest BCUT2D eigenvalue weighted by molar-refractivity contribution is -0.117. The Morgan fingerprint density at radius 2 is 2.05 bits per heavy atom. The zero-order chi connectivity index (χ0) is 15.4. The highest BCUT2D eigenvalue weighted by atomic mass is 35.5. The van der Waals surface area contributed by atoms with Crippen LogP contribution >= 0.6 is 35.0 Å². The highest BCUT2D eigenvalue weighted by molar-refractivity contribution is 8.00. The van der Waals surface area contributed by atoms with Crippen molar-refractivity contribution in [2.75, 3.05) is 5.75 Å². The average molecular weight is 343 g/mol. The Balaban J connectivity index is 1.92. The number of benzene rings is 1. The molecular weight excluding hydrogens is 331 g/mol. The summed E-state index contributed by atoms with van der Waals surface area (Å²) in [5.74, 6) is -0.733. The van der Waals surface area contributed by atoms with Gasteiger partial charge in [-0.2, -0.15) is 0 Å². The van der Waals surface area contributed by atoms with Gasteiger partial charge in [0.2, 0.25) is 5.91 Å². The lowest BCUT2D eigenvalue weighted by Gasteiger charge is -2.06. The van der Waals surface area contributed by atoms with E-state index in [2.05, 4.69) is 5.32 Å². The van der Waals surface area contributed by atoms with Crippen molar-refractivity contribution in [3.63, 3.8) is 0 Å². The quantitative estimate of drug-likeness (QED) is 0.866. The maximum atomic E-state index is 11.9. The lowest BCUT2D eigenvalue weighted by atomic mass is 10.4. The van der Waals surface area contributed by atoms with Gasteiger partial charge in [-0.05, 0) is 30.3 Å². The fourth-order valence-electron chi connectivity index (χ4n) is 1.65. The summed E-state index contributed by atoms with van der Waals surface area (Å²) in [6.07, 6.45) is 1.74. The van der Waals surface area contributed by atoms with Crippen LogP contribution < -0.4 is 5.32 Å². The van der Waals surface area contributed by atoms with Crippen molar-refractivity contribution in [1.82, 2.24) is 9.88 Å². The Kier molecular flexibility index (Phi) is 5.33. The molecule has 21 heavy (non-hydrogen) atoms. The summed E-state index contributed by atoms with van der Waals surface area (Å²) in [7, 11) is 1.74. The van der Waals surface area contributed by atoms with Crippen LogP contribution in [0.1, 0.15) is 10.5 Å². The van der Waals surface area contributed by atoms with Crippen molar-refractivity contribution < 1.29 is 9.59 Å².